The summed E-state index contributed by atoms with van der Waals surface area (Å²) in [6, 6.07) is 18.7. The molecule has 0 atom stereocenters. The van der Waals surface area contributed by atoms with Gasteiger partial charge in [-0.1, -0.05) is 48.2 Å². The maximum absolute atomic E-state index is 12.2. The first-order chi connectivity index (χ1) is 14.2. The molecular formula is C21H23N5O2S. The van der Waals surface area contributed by atoms with Crippen molar-refractivity contribution >= 4 is 35.0 Å². The molecule has 2 aromatic carbocycles. The van der Waals surface area contributed by atoms with Crippen LogP contribution in [0.4, 0.5) is 11.4 Å². The summed E-state index contributed by atoms with van der Waals surface area (Å²) in [5.41, 5.74) is 1.54. The molecule has 3 aromatic rings. The predicted octanol–water partition coefficient (Wildman–Crippen LogP) is 3.60. The van der Waals surface area contributed by atoms with Crippen LogP contribution in [0.15, 0.2) is 65.8 Å². The highest BCUT2D eigenvalue weighted by molar-refractivity contribution is 7.99. The zero-order valence-corrected chi connectivity index (χ0v) is 17.0. The Hall–Kier alpha value is -3.13. The lowest BCUT2D eigenvalue weighted by Gasteiger charge is -2.08. The van der Waals surface area contributed by atoms with Crippen LogP contribution >= 0.6 is 11.8 Å². The lowest BCUT2D eigenvalue weighted by atomic mass is 10.2. The van der Waals surface area contributed by atoms with E-state index in [4.69, 9.17) is 0 Å². The largest absolute Gasteiger partial charge is 0.326 e. The van der Waals surface area contributed by atoms with Crippen molar-refractivity contribution in [3.63, 3.8) is 0 Å². The molecule has 0 saturated heterocycles. The number of benzene rings is 2. The van der Waals surface area contributed by atoms with Crippen molar-refractivity contribution in [3.05, 3.63) is 66.5 Å². The minimum atomic E-state index is -0.101. The molecule has 1 heterocycles. The van der Waals surface area contributed by atoms with Crippen molar-refractivity contribution in [2.45, 2.75) is 31.5 Å². The van der Waals surface area contributed by atoms with E-state index >= 15 is 0 Å². The lowest BCUT2D eigenvalue weighted by molar-refractivity contribution is -0.116. The highest BCUT2D eigenvalue weighted by Crippen LogP contribution is 2.18. The third-order valence-corrected chi connectivity index (χ3v) is 5.10. The monoisotopic (exact) mass is 409 g/mol. The van der Waals surface area contributed by atoms with Gasteiger partial charge < -0.3 is 15.2 Å². The molecule has 7 nitrogen and oxygen atoms in total. The molecule has 150 valence electrons. The predicted molar refractivity (Wildman–Crippen MR) is 115 cm³/mol. The summed E-state index contributed by atoms with van der Waals surface area (Å²) in [5.74, 6) is 0.803. The molecular weight excluding hydrogens is 386 g/mol. The zero-order chi connectivity index (χ0) is 20.5. The van der Waals surface area contributed by atoms with Gasteiger partial charge in [0, 0.05) is 30.8 Å². The van der Waals surface area contributed by atoms with Crippen molar-refractivity contribution in [2.75, 3.05) is 16.4 Å². The van der Waals surface area contributed by atoms with Gasteiger partial charge in [0.2, 0.25) is 11.8 Å². The molecule has 0 aliphatic carbocycles. The molecule has 2 amide bonds. The quantitative estimate of drug-likeness (QED) is 0.527. The number of aromatic nitrogens is 3. The smallest absolute Gasteiger partial charge is 0.234 e. The highest BCUT2D eigenvalue weighted by Gasteiger charge is 2.14. The van der Waals surface area contributed by atoms with Crippen LogP contribution in [0.1, 0.15) is 19.2 Å². The summed E-state index contributed by atoms with van der Waals surface area (Å²) < 4.78 is 1.94. The second-order valence-corrected chi connectivity index (χ2v) is 7.20. The summed E-state index contributed by atoms with van der Waals surface area (Å²) in [7, 11) is 0. The van der Waals surface area contributed by atoms with E-state index in [9.17, 15) is 9.59 Å². The number of carbonyl (C=O) groups excluding carboxylic acids is 2. The molecule has 0 spiro atoms. The number of carbonyl (C=O) groups is 2. The maximum atomic E-state index is 12.2. The fraction of sp³-hybridized carbons (Fsp3) is 0.238. The molecule has 0 aliphatic rings. The van der Waals surface area contributed by atoms with E-state index in [1.54, 1.807) is 0 Å². The average molecular weight is 410 g/mol. The van der Waals surface area contributed by atoms with Gasteiger partial charge in [0.05, 0.1) is 5.75 Å². The van der Waals surface area contributed by atoms with E-state index in [0.29, 0.717) is 24.5 Å². The fourth-order valence-electron chi connectivity index (χ4n) is 2.75. The molecule has 0 aliphatic heterocycles. The van der Waals surface area contributed by atoms with Gasteiger partial charge in [0.15, 0.2) is 5.16 Å². The molecule has 8 heteroatoms. The van der Waals surface area contributed by atoms with Crippen LogP contribution in [0.5, 0.6) is 0 Å². The second kappa shape index (κ2) is 10.4. The van der Waals surface area contributed by atoms with E-state index in [1.807, 2.05) is 72.2 Å². The second-order valence-electron chi connectivity index (χ2n) is 6.26. The Kier molecular flexibility index (Phi) is 7.40. The minimum absolute atomic E-state index is 0.0710. The van der Waals surface area contributed by atoms with E-state index in [0.717, 1.165) is 17.2 Å². The number of nitrogens with one attached hydrogen (secondary N) is 2. The molecule has 0 fully saturated rings. The van der Waals surface area contributed by atoms with Gasteiger partial charge in [-0.05, 0) is 31.2 Å². The Balaban J connectivity index is 1.51. The molecule has 0 unspecified atom stereocenters. The Morgan fingerprint density at radius 1 is 0.897 bits per heavy atom. The minimum Gasteiger partial charge on any atom is -0.326 e. The van der Waals surface area contributed by atoms with Crippen LogP contribution in [0.2, 0.25) is 0 Å². The number of anilines is 2. The van der Waals surface area contributed by atoms with Crippen molar-refractivity contribution in [3.8, 4) is 0 Å². The Morgan fingerprint density at radius 2 is 1.48 bits per heavy atom. The number of aryl methyl sites for hydroxylation is 1. The van der Waals surface area contributed by atoms with Gasteiger partial charge >= 0.3 is 0 Å². The summed E-state index contributed by atoms with van der Waals surface area (Å²) in [6.45, 7) is 2.66. The van der Waals surface area contributed by atoms with Crippen LogP contribution in [-0.2, 0) is 22.6 Å². The molecule has 2 N–H and O–H groups in total. The maximum Gasteiger partial charge on any atom is 0.234 e. The number of para-hydroxylation sites is 2. The molecule has 1 aromatic heterocycles. The Labute approximate surface area is 173 Å². The molecule has 0 radical (unpaired) electrons. The molecule has 0 saturated carbocycles. The third-order valence-electron chi connectivity index (χ3n) is 4.13. The van der Waals surface area contributed by atoms with Gasteiger partial charge in [0.1, 0.15) is 5.82 Å². The van der Waals surface area contributed by atoms with Crippen LogP contribution in [0.3, 0.4) is 0 Å². The van der Waals surface area contributed by atoms with Crippen molar-refractivity contribution in [1.29, 1.82) is 0 Å². The van der Waals surface area contributed by atoms with E-state index in [-0.39, 0.29) is 17.6 Å². The van der Waals surface area contributed by atoms with Gasteiger partial charge in [0.25, 0.3) is 0 Å². The average Bonchev–Trinajstić information content (AvgIpc) is 3.14. The summed E-state index contributed by atoms with van der Waals surface area (Å²) >= 11 is 1.33. The third kappa shape index (κ3) is 6.18. The number of thioether (sulfide) groups is 1. The van der Waals surface area contributed by atoms with Gasteiger partial charge in [-0.25, -0.2) is 0 Å². The summed E-state index contributed by atoms with van der Waals surface area (Å²) in [6.07, 6.45) is 0.794. The van der Waals surface area contributed by atoms with Crippen molar-refractivity contribution in [1.82, 2.24) is 14.8 Å². The van der Waals surface area contributed by atoms with E-state index < -0.39 is 0 Å². The zero-order valence-electron chi connectivity index (χ0n) is 16.2. The topological polar surface area (TPSA) is 88.9 Å². The molecule has 29 heavy (non-hydrogen) atoms. The summed E-state index contributed by atoms with van der Waals surface area (Å²) in [5, 5.41) is 14.8. The number of nitrogens with zero attached hydrogens (tertiary/aromatic N) is 3. The fourth-order valence-corrected chi connectivity index (χ4v) is 3.57. The summed E-state index contributed by atoms with van der Waals surface area (Å²) in [4.78, 5) is 24.3. The molecule has 0 bridgehead atoms. The first-order valence-electron chi connectivity index (χ1n) is 9.40. The molecule has 3 rings (SSSR count). The van der Waals surface area contributed by atoms with Gasteiger partial charge in [-0.15, -0.1) is 10.2 Å². The van der Waals surface area contributed by atoms with Crippen molar-refractivity contribution < 1.29 is 9.59 Å². The first-order valence-corrected chi connectivity index (χ1v) is 10.4. The van der Waals surface area contributed by atoms with Crippen LogP contribution in [0, 0.1) is 0 Å². The lowest BCUT2D eigenvalue weighted by Crippen LogP contribution is -2.15. The number of hydrogen-bond acceptors (Lipinski definition) is 5. The number of rotatable bonds is 9. The highest BCUT2D eigenvalue weighted by atomic mass is 32.2. The van der Waals surface area contributed by atoms with Gasteiger partial charge in [-0.2, -0.15) is 0 Å². The number of hydrogen-bond donors (Lipinski definition) is 2. The normalized spacial score (nSPS) is 10.5. The van der Waals surface area contributed by atoms with E-state index in [1.165, 1.54) is 11.8 Å². The SMILES string of the molecule is CCn1c(CCC(=O)Nc2ccccc2)nnc1SCC(=O)Nc1ccccc1. The van der Waals surface area contributed by atoms with Crippen LogP contribution in [-0.4, -0.2) is 32.3 Å². The van der Waals surface area contributed by atoms with Crippen LogP contribution in [0.25, 0.3) is 0 Å². The van der Waals surface area contributed by atoms with Crippen LogP contribution < -0.4 is 10.6 Å². The van der Waals surface area contributed by atoms with E-state index in [2.05, 4.69) is 20.8 Å². The standard InChI is InChI=1S/C21H23N5O2S/c1-2-26-18(13-14-19(27)22-16-9-5-3-6-10-16)24-25-21(26)29-15-20(28)23-17-11-7-4-8-12-17/h3-12H,2,13-15H2,1H3,(H,22,27)(H,23,28). The Bertz CT molecular complexity index is 869. The first kappa shape index (κ1) is 20.6. The Morgan fingerprint density at radius 3 is 2.07 bits per heavy atom. The van der Waals surface area contributed by atoms with Gasteiger partial charge in [-0.3, -0.25) is 9.59 Å². The van der Waals surface area contributed by atoms with Crippen molar-refractivity contribution in [2.24, 2.45) is 0 Å². The number of amides is 2.